The number of esters is 1. The molecule has 15 heteroatoms. The lowest BCUT2D eigenvalue weighted by Crippen LogP contribution is -2.39. The first kappa shape index (κ1) is 29.9. The van der Waals surface area contributed by atoms with E-state index in [-0.39, 0.29) is 35.4 Å². The van der Waals surface area contributed by atoms with Gasteiger partial charge in [0.15, 0.2) is 5.82 Å². The SMILES string of the molecule is C=CCN(C)c1c(N(C=O)[C@H]2CCC(COC(=O)c3ccc(NNC(=O)OC(C)(C)C)nc3)O2)nc(N)[nH]c1=O. The first-order chi connectivity index (χ1) is 18.9. The van der Waals surface area contributed by atoms with Gasteiger partial charge in [0.05, 0.1) is 11.7 Å². The van der Waals surface area contributed by atoms with Gasteiger partial charge in [0.1, 0.15) is 29.9 Å². The molecule has 0 bridgehead atoms. The third kappa shape index (κ3) is 7.92. The van der Waals surface area contributed by atoms with Gasteiger partial charge in [0.25, 0.3) is 5.56 Å². The van der Waals surface area contributed by atoms with Crippen LogP contribution in [0.4, 0.5) is 28.1 Å². The Balaban J connectivity index is 1.57. The van der Waals surface area contributed by atoms with E-state index in [0.29, 0.717) is 25.8 Å². The molecule has 0 radical (unpaired) electrons. The van der Waals surface area contributed by atoms with Gasteiger partial charge in [-0.3, -0.25) is 24.9 Å². The van der Waals surface area contributed by atoms with Gasteiger partial charge in [-0.25, -0.2) is 20.0 Å². The van der Waals surface area contributed by atoms with Gasteiger partial charge in [0, 0.05) is 19.8 Å². The molecule has 40 heavy (non-hydrogen) atoms. The lowest BCUT2D eigenvalue weighted by Gasteiger charge is -2.28. The summed E-state index contributed by atoms with van der Waals surface area (Å²) in [6.45, 7) is 9.12. The highest BCUT2D eigenvalue weighted by Crippen LogP contribution is 2.30. The highest BCUT2D eigenvalue weighted by atomic mass is 16.6. The maximum atomic E-state index is 12.6. The number of nitrogens with one attached hydrogen (secondary N) is 3. The lowest BCUT2D eigenvalue weighted by molar-refractivity contribution is -0.110. The number of likely N-dealkylation sites (N-methyl/N-ethyl adjacent to an activating group) is 1. The molecular weight excluding hydrogens is 524 g/mol. The highest BCUT2D eigenvalue weighted by molar-refractivity contribution is 5.89. The second-order valence-electron chi connectivity index (χ2n) is 9.88. The summed E-state index contributed by atoms with van der Waals surface area (Å²) < 4.78 is 16.4. The summed E-state index contributed by atoms with van der Waals surface area (Å²) in [5.74, 6) is -0.452. The number of nitrogens with two attached hydrogens (primary N) is 1. The van der Waals surface area contributed by atoms with E-state index in [1.54, 1.807) is 38.8 Å². The van der Waals surface area contributed by atoms with Gasteiger partial charge in [-0.15, -0.1) is 6.58 Å². The van der Waals surface area contributed by atoms with Crippen LogP contribution >= 0.6 is 0 Å². The van der Waals surface area contributed by atoms with E-state index in [1.165, 1.54) is 23.2 Å². The van der Waals surface area contributed by atoms with Crippen molar-refractivity contribution in [3.05, 3.63) is 46.9 Å². The molecule has 0 spiro atoms. The standard InChI is InChI=1S/C25H34N8O7/c1-6-11-32(5)19-20(28-23(26)29-21(19)35)33(14-34)18-10-8-16(39-18)13-38-22(36)15-7-9-17(27-12-15)30-31-24(37)40-25(2,3)4/h6-7,9,12,14,16,18H,1,8,10-11,13H2,2-5H3,(H,27,30)(H,31,37)(H3,26,28,29,35)/t16?,18-/m1/s1. The fourth-order valence-electron chi connectivity index (χ4n) is 3.81. The predicted molar refractivity (Wildman–Crippen MR) is 147 cm³/mol. The predicted octanol–water partition coefficient (Wildman–Crippen LogP) is 1.55. The number of hydrogen-bond acceptors (Lipinski definition) is 12. The van der Waals surface area contributed by atoms with Crippen LogP contribution in [0.15, 0.2) is 35.8 Å². The Bertz CT molecular complexity index is 1280. The van der Waals surface area contributed by atoms with Crippen LogP contribution in [0.1, 0.15) is 44.0 Å². The number of aromatic nitrogens is 3. The number of anilines is 4. The molecule has 1 aliphatic heterocycles. The van der Waals surface area contributed by atoms with Crippen LogP contribution in [0.3, 0.4) is 0 Å². The number of aromatic amines is 1. The van der Waals surface area contributed by atoms with Crippen LogP contribution in [0.2, 0.25) is 0 Å². The van der Waals surface area contributed by atoms with Crippen molar-refractivity contribution in [3.63, 3.8) is 0 Å². The molecular formula is C25H34N8O7. The average molecular weight is 559 g/mol. The smallest absolute Gasteiger partial charge is 0.426 e. The molecule has 2 amide bonds. The second-order valence-corrected chi connectivity index (χ2v) is 9.88. The Kier molecular flexibility index (Phi) is 9.66. The van der Waals surface area contributed by atoms with Crippen LogP contribution in [0, 0.1) is 0 Å². The maximum absolute atomic E-state index is 12.6. The topological polar surface area (TPSA) is 194 Å². The molecule has 0 aliphatic carbocycles. The number of ether oxygens (including phenoxy) is 3. The number of H-pyrrole nitrogens is 1. The van der Waals surface area contributed by atoms with Gasteiger partial charge >= 0.3 is 12.1 Å². The number of hydrogen-bond donors (Lipinski definition) is 4. The largest absolute Gasteiger partial charge is 0.459 e. The molecule has 3 rings (SSSR count). The van der Waals surface area contributed by atoms with E-state index < -0.39 is 35.6 Å². The molecule has 1 fully saturated rings. The van der Waals surface area contributed by atoms with Gasteiger partial charge in [-0.1, -0.05) is 6.08 Å². The van der Waals surface area contributed by atoms with Gasteiger partial charge in [0.2, 0.25) is 12.4 Å². The Morgan fingerprint density at radius 1 is 1.32 bits per heavy atom. The third-order valence-electron chi connectivity index (χ3n) is 5.52. The van der Waals surface area contributed by atoms with Crippen LogP contribution in [0.5, 0.6) is 0 Å². The van der Waals surface area contributed by atoms with Crippen LogP contribution < -0.4 is 31.9 Å². The van der Waals surface area contributed by atoms with E-state index in [4.69, 9.17) is 19.9 Å². The van der Waals surface area contributed by atoms with Crippen LogP contribution in [-0.2, 0) is 19.0 Å². The summed E-state index contributed by atoms with van der Waals surface area (Å²) >= 11 is 0. The second kappa shape index (κ2) is 12.9. The zero-order valence-electron chi connectivity index (χ0n) is 22.8. The van der Waals surface area contributed by atoms with E-state index in [1.807, 2.05) is 0 Å². The first-order valence-electron chi connectivity index (χ1n) is 12.4. The molecule has 15 nitrogen and oxygen atoms in total. The number of nitrogens with zero attached hydrogens (tertiary/aromatic N) is 4. The Morgan fingerprint density at radius 3 is 2.70 bits per heavy atom. The number of pyridine rings is 1. The van der Waals surface area contributed by atoms with Crippen molar-refractivity contribution in [2.45, 2.75) is 51.5 Å². The molecule has 0 aromatic carbocycles. The summed E-state index contributed by atoms with van der Waals surface area (Å²) in [6.07, 6.45) is 2.36. The van der Waals surface area contributed by atoms with Crippen molar-refractivity contribution in [2.24, 2.45) is 0 Å². The van der Waals surface area contributed by atoms with Crippen molar-refractivity contribution in [1.29, 1.82) is 0 Å². The van der Waals surface area contributed by atoms with Crippen LogP contribution in [0.25, 0.3) is 0 Å². The monoisotopic (exact) mass is 558 g/mol. The number of carbonyl (C=O) groups excluding carboxylic acids is 3. The van der Waals surface area contributed by atoms with Gasteiger partial charge < -0.3 is 24.8 Å². The zero-order chi connectivity index (χ0) is 29.4. The Hall–Kier alpha value is -4.66. The van der Waals surface area contributed by atoms with Crippen molar-refractivity contribution >= 4 is 41.7 Å². The van der Waals surface area contributed by atoms with Crippen LogP contribution in [-0.4, -0.2) is 71.6 Å². The molecule has 5 N–H and O–H groups in total. The lowest BCUT2D eigenvalue weighted by atomic mass is 10.2. The van der Waals surface area contributed by atoms with E-state index in [9.17, 15) is 19.2 Å². The van der Waals surface area contributed by atoms with E-state index in [2.05, 4.69) is 32.4 Å². The molecule has 2 aromatic rings. The summed E-state index contributed by atoms with van der Waals surface area (Å²) in [6, 6.07) is 2.96. The fraction of sp³-hybridized carbons (Fsp3) is 0.440. The minimum atomic E-state index is -0.754. The highest BCUT2D eigenvalue weighted by Gasteiger charge is 2.34. The molecule has 216 valence electrons. The minimum absolute atomic E-state index is 0.0455. The van der Waals surface area contributed by atoms with Crippen molar-refractivity contribution in [2.75, 3.05) is 41.2 Å². The quantitative estimate of drug-likeness (QED) is 0.135. The zero-order valence-corrected chi connectivity index (χ0v) is 22.8. The molecule has 1 unspecified atom stereocenters. The molecule has 3 heterocycles. The number of carbonyl (C=O) groups is 3. The number of hydrazine groups is 1. The van der Waals surface area contributed by atoms with Gasteiger partial charge in [-0.2, -0.15) is 4.98 Å². The summed E-state index contributed by atoms with van der Waals surface area (Å²) in [4.78, 5) is 62.3. The first-order valence-corrected chi connectivity index (χ1v) is 12.4. The summed E-state index contributed by atoms with van der Waals surface area (Å²) in [7, 11) is 1.66. The molecule has 2 atom stereocenters. The number of rotatable bonds is 11. The summed E-state index contributed by atoms with van der Waals surface area (Å²) in [5.41, 5.74) is 9.82. The average Bonchev–Trinajstić information content (AvgIpc) is 3.34. The molecule has 0 saturated carbocycles. The fourth-order valence-corrected chi connectivity index (χ4v) is 3.81. The molecule has 2 aromatic heterocycles. The van der Waals surface area contributed by atoms with Crippen molar-refractivity contribution in [1.82, 2.24) is 20.4 Å². The molecule has 1 saturated heterocycles. The molecule has 1 aliphatic rings. The van der Waals surface area contributed by atoms with Gasteiger partial charge in [-0.05, 0) is 45.7 Å². The third-order valence-corrected chi connectivity index (χ3v) is 5.52. The normalized spacial score (nSPS) is 16.5. The Morgan fingerprint density at radius 2 is 2.08 bits per heavy atom. The van der Waals surface area contributed by atoms with E-state index in [0.717, 1.165) is 0 Å². The van der Waals surface area contributed by atoms with E-state index >= 15 is 0 Å². The summed E-state index contributed by atoms with van der Waals surface area (Å²) in [5, 5.41) is 0. The maximum Gasteiger partial charge on any atom is 0.426 e. The number of amides is 2. The number of nitrogen functional groups attached to an aromatic ring is 1. The van der Waals surface area contributed by atoms with Crippen molar-refractivity contribution < 1.29 is 28.6 Å². The Labute approximate surface area is 230 Å². The minimum Gasteiger partial charge on any atom is -0.459 e. The van der Waals surface area contributed by atoms with Crippen molar-refractivity contribution in [3.8, 4) is 0 Å².